The van der Waals surface area contributed by atoms with Gasteiger partial charge in [-0.2, -0.15) is 16.4 Å². The summed E-state index contributed by atoms with van der Waals surface area (Å²) >= 11 is 1.66. The van der Waals surface area contributed by atoms with Gasteiger partial charge in [-0.25, -0.2) is 4.98 Å². The average Bonchev–Trinajstić information content (AvgIpc) is 3.73. The molecule has 0 fully saturated rings. The number of benzene rings is 1. The first-order valence-electron chi connectivity index (χ1n) is 11.9. The van der Waals surface area contributed by atoms with Gasteiger partial charge in [-0.15, -0.1) is 0 Å². The molecule has 7 aromatic rings. The van der Waals surface area contributed by atoms with Gasteiger partial charge < -0.3 is 10.3 Å². The van der Waals surface area contributed by atoms with Crippen molar-refractivity contribution in [3.05, 3.63) is 102 Å². The summed E-state index contributed by atoms with van der Waals surface area (Å²) in [4.78, 5) is 29.4. The van der Waals surface area contributed by atoms with Crippen molar-refractivity contribution in [2.75, 3.05) is 5.32 Å². The molecule has 7 rings (SSSR count). The van der Waals surface area contributed by atoms with Crippen LogP contribution in [-0.2, 0) is 0 Å². The van der Waals surface area contributed by atoms with Crippen LogP contribution < -0.4 is 5.32 Å². The number of rotatable bonds is 5. The number of nitrogens with zero attached hydrogens (tertiary/aromatic N) is 4. The van der Waals surface area contributed by atoms with E-state index in [9.17, 15) is 4.79 Å². The Morgan fingerprint density at radius 1 is 0.842 bits per heavy atom. The third-order valence-electron chi connectivity index (χ3n) is 6.41. The van der Waals surface area contributed by atoms with Crippen LogP contribution in [0.15, 0.2) is 96.3 Å². The van der Waals surface area contributed by atoms with Gasteiger partial charge in [-0.05, 0) is 52.7 Å². The Kier molecular flexibility index (Phi) is 5.26. The predicted molar refractivity (Wildman–Crippen MR) is 150 cm³/mol. The molecule has 9 heteroatoms. The number of aromatic amines is 2. The van der Waals surface area contributed by atoms with E-state index in [-0.39, 0.29) is 5.91 Å². The van der Waals surface area contributed by atoms with Crippen LogP contribution in [0, 0.1) is 0 Å². The number of thiophene rings is 1. The third-order valence-corrected chi connectivity index (χ3v) is 7.10. The van der Waals surface area contributed by atoms with Crippen LogP contribution in [0.3, 0.4) is 0 Å². The monoisotopic (exact) mass is 513 g/mol. The molecule has 8 nitrogen and oxygen atoms in total. The largest absolute Gasteiger partial charge is 0.352 e. The first kappa shape index (κ1) is 22.1. The Hall–Kier alpha value is -5.15. The molecule has 1 aromatic carbocycles. The normalized spacial score (nSPS) is 11.3. The van der Waals surface area contributed by atoms with Crippen molar-refractivity contribution in [3.63, 3.8) is 0 Å². The zero-order valence-corrected chi connectivity index (χ0v) is 20.7. The molecule has 0 spiro atoms. The molecule has 0 aliphatic carbocycles. The highest BCUT2D eigenvalue weighted by molar-refractivity contribution is 7.08. The van der Waals surface area contributed by atoms with Crippen LogP contribution in [0.5, 0.6) is 0 Å². The smallest absolute Gasteiger partial charge is 0.255 e. The minimum absolute atomic E-state index is 0.189. The van der Waals surface area contributed by atoms with Gasteiger partial charge in [0.15, 0.2) is 5.65 Å². The lowest BCUT2D eigenvalue weighted by atomic mass is 10.1. The van der Waals surface area contributed by atoms with E-state index < -0.39 is 0 Å². The molecule has 0 aliphatic heterocycles. The summed E-state index contributed by atoms with van der Waals surface area (Å²) in [5.74, 6) is -0.189. The number of carbonyl (C=O) groups is 1. The van der Waals surface area contributed by atoms with Crippen LogP contribution in [0.25, 0.3) is 55.6 Å². The van der Waals surface area contributed by atoms with E-state index in [2.05, 4.69) is 58.3 Å². The number of amides is 1. The van der Waals surface area contributed by atoms with Gasteiger partial charge in [-0.3, -0.25) is 19.9 Å². The lowest BCUT2D eigenvalue weighted by Gasteiger charge is -2.07. The third kappa shape index (κ3) is 3.91. The van der Waals surface area contributed by atoms with Gasteiger partial charge in [-0.1, -0.05) is 18.2 Å². The molecule has 3 N–H and O–H groups in total. The van der Waals surface area contributed by atoms with E-state index >= 15 is 0 Å². The number of hydrogen-bond acceptors (Lipinski definition) is 6. The Morgan fingerprint density at radius 2 is 1.71 bits per heavy atom. The molecular weight excluding hydrogens is 494 g/mol. The van der Waals surface area contributed by atoms with Crippen molar-refractivity contribution in [3.8, 4) is 33.6 Å². The Balaban J connectivity index is 1.25. The summed E-state index contributed by atoms with van der Waals surface area (Å²) in [6.07, 6.45) is 8.87. The average molecular weight is 514 g/mol. The van der Waals surface area contributed by atoms with Crippen molar-refractivity contribution >= 4 is 44.9 Å². The molecular formula is C29H19N7OS. The molecule has 1 amide bonds. The van der Waals surface area contributed by atoms with Gasteiger partial charge in [0.05, 0.1) is 29.3 Å². The molecule has 6 aromatic heterocycles. The maximum absolute atomic E-state index is 12.6. The van der Waals surface area contributed by atoms with Crippen LogP contribution in [0.1, 0.15) is 10.4 Å². The van der Waals surface area contributed by atoms with Gasteiger partial charge in [0.2, 0.25) is 0 Å². The van der Waals surface area contributed by atoms with E-state index in [1.54, 1.807) is 42.1 Å². The Bertz CT molecular complexity index is 1920. The highest BCUT2D eigenvalue weighted by Crippen LogP contribution is 2.35. The molecule has 0 atom stereocenters. The SMILES string of the molecule is O=C(Nc1cncc(-c2cnc3[nH]nc(-c4cc5c(-c6ccsc6)cncc5[nH]4)c3c2)c1)c1ccccc1. The number of carbonyl (C=O) groups excluding carboxylic acids is 1. The summed E-state index contributed by atoms with van der Waals surface area (Å²) in [6, 6.07) is 17.2. The number of aromatic nitrogens is 6. The number of pyridine rings is 3. The number of nitrogens with one attached hydrogen (secondary N) is 3. The molecule has 6 heterocycles. The lowest BCUT2D eigenvalue weighted by Crippen LogP contribution is -2.11. The number of H-pyrrole nitrogens is 2. The van der Waals surface area contributed by atoms with Crippen molar-refractivity contribution < 1.29 is 4.79 Å². The standard InChI is InChI=1S/C29H19N7OS/c37-29(17-4-2-1-3-5-17)33-21-8-19(11-30-13-21)20-9-23-27(35-36-28(23)32-12-20)25-10-22-24(18-6-7-38-16-18)14-31-15-26(22)34-25/h1-16,34H,(H,33,37)(H,32,35,36). The summed E-state index contributed by atoms with van der Waals surface area (Å²) in [5, 5.41) is 16.7. The fraction of sp³-hybridized carbons (Fsp3) is 0. The highest BCUT2D eigenvalue weighted by atomic mass is 32.1. The molecule has 38 heavy (non-hydrogen) atoms. The van der Waals surface area contributed by atoms with Gasteiger partial charge in [0.25, 0.3) is 5.91 Å². The fourth-order valence-corrected chi connectivity index (χ4v) is 5.21. The van der Waals surface area contributed by atoms with Crippen molar-refractivity contribution in [1.29, 1.82) is 0 Å². The van der Waals surface area contributed by atoms with Gasteiger partial charge in [0.1, 0.15) is 5.69 Å². The van der Waals surface area contributed by atoms with Crippen molar-refractivity contribution in [1.82, 2.24) is 30.1 Å². The first-order chi connectivity index (χ1) is 18.7. The van der Waals surface area contributed by atoms with E-state index in [1.165, 1.54) is 0 Å². The molecule has 0 unspecified atom stereocenters. The molecule has 0 bridgehead atoms. The zero-order chi connectivity index (χ0) is 25.5. The summed E-state index contributed by atoms with van der Waals surface area (Å²) in [7, 11) is 0. The quantitative estimate of drug-likeness (QED) is 0.242. The van der Waals surface area contributed by atoms with Crippen LogP contribution >= 0.6 is 11.3 Å². The molecule has 0 saturated carbocycles. The minimum Gasteiger partial charge on any atom is -0.352 e. The summed E-state index contributed by atoms with van der Waals surface area (Å²) < 4.78 is 0. The van der Waals surface area contributed by atoms with E-state index in [1.807, 2.05) is 42.7 Å². The molecule has 182 valence electrons. The maximum atomic E-state index is 12.6. The molecule has 0 radical (unpaired) electrons. The van der Waals surface area contributed by atoms with Crippen molar-refractivity contribution in [2.24, 2.45) is 0 Å². The second-order valence-electron chi connectivity index (χ2n) is 8.82. The number of fused-ring (bicyclic) bond motifs is 2. The second-order valence-corrected chi connectivity index (χ2v) is 9.60. The number of hydrogen-bond donors (Lipinski definition) is 3. The zero-order valence-electron chi connectivity index (χ0n) is 19.8. The molecule has 0 aliphatic rings. The van der Waals surface area contributed by atoms with Crippen LogP contribution in [0.4, 0.5) is 5.69 Å². The highest BCUT2D eigenvalue weighted by Gasteiger charge is 2.16. The topological polar surface area (TPSA) is 112 Å². The van der Waals surface area contributed by atoms with E-state index in [0.717, 1.165) is 49.9 Å². The first-order valence-corrected chi connectivity index (χ1v) is 12.8. The van der Waals surface area contributed by atoms with Crippen LogP contribution in [0.2, 0.25) is 0 Å². The van der Waals surface area contributed by atoms with Gasteiger partial charge >= 0.3 is 0 Å². The predicted octanol–water partition coefficient (Wildman–Crippen LogP) is 6.54. The van der Waals surface area contributed by atoms with Gasteiger partial charge in [0, 0.05) is 51.6 Å². The maximum Gasteiger partial charge on any atom is 0.255 e. The minimum atomic E-state index is -0.189. The van der Waals surface area contributed by atoms with E-state index in [0.29, 0.717) is 16.9 Å². The summed E-state index contributed by atoms with van der Waals surface area (Å²) in [5.41, 5.74) is 8.35. The summed E-state index contributed by atoms with van der Waals surface area (Å²) in [6.45, 7) is 0. The Labute approximate surface area is 220 Å². The lowest BCUT2D eigenvalue weighted by molar-refractivity contribution is 0.102. The molecule has 0 saturated heterocycles. The van der Waals surface area contributed by atoms with Crippen molar-refractivity contribution in [2.45, 2.75) is 0 Å². The van der Waals surface area contributed by atoms with Crippen LogP contribution in [-0.4, -0.2) is 36.0 Å². The number of anilines is 1. The van der Waals surface area contributed by atoms with E-state index in [4.69, 9.17) is 0 Å². The fourth-order valence-electron chi connectivity index (χ4n) is 4.55. The second kappa shape index (κ2) is 9.06. The Morgan fingerprint density at radius 3 is 2.58 bits per heavy atom.